The van der Waals surface area contributed by atoms with Crippen LogP contribution in [0.5, 0.6) is 0 Å². The number of para-hydroxylation sites is 1. The van der Waals surface area contributed by atoms with Gasteiger partial charge in [0.2, 0.25) is 14.9 Å². The standard InChI is InChI=1S/C23H18ClN5O2S/c1-14-11-15(2)13-17(12-14)25-21-19-5-3-4-6-20(19)29-22(26-21)23(27-28-29)32(30,31)18-9-7-16(24)8-10-18/h3-13H,1-2H3,(H,25,26). The van der Waals surface area contributed by atoms with E-state index in [1.54, 1.807) is 0 Å². The van der Waals surface area contributed by atoms with Crippen LogP contribution in [0.15, 0.2) is 76.7 Å². The van der Waals surface area contributed by atoms with Crippen LogP contribution in [-0.2, 0) is 9.84 Å². The molecule has 32 heavy (non-hydrogen) atoms. The van der Waals surface area contributed by atoms with Gasteiger partial charge in [0.1, 0.15) is 5.82 Å². The highest BCUT2D eigenvalue weighted by molar-refractivity contribution is 7.91. The summed E-state index contributed by atoms with van der Waals surface area (Å²) in [5, 5.41) is 12.5. The van der Waals surface area contributed by atoms with Crippen molar-refractivity contribution in [3.63, 3.8) is 0 Å². The Bertz CT molecular complexity index is 1570. The van der Waals surface area contributed by atoms with Crippen LogP contribution in [-0.4, -0.2) is 28.2 Å². The quantitative estimate of drug-likeness (QED) is 0.397. The minimum atomic E-state index is -3.95. The SMILES string of the molecule is Cc1cc(C)cc(Nc2nc3c(S(=O)(=O)c4ccc(Cl)cc4)nnn3c3ccccc23)c1. The van der Waals surface area contributed by atoms with E-state index in [0.29, 0.717) is 16.4 Å². The summed E-state index contributed by atoms with van der Waals surface area (Å²) in [6.07, 6.45) is 0. The molecule has 9 heteroatoms. The van der Waals surface area contributed by atoms with E-state index in [1.807, 2.05) is 50.2 Å². The van der Waals surface area contributed by atoms with Gasteiger partial charge in [-0.2, -0.15) is 4.52 Å². The molecule has 0 fully saturated rings. The zero-order valence-electron chi connectivity index (χ0n) is 17.2. The molecule has 0 spiro atoms. The predicted molar refractivity (Wildman–Crippen MR) is 124 cm³/mol. The number of anilines is 2. The number of nitrogens with one attached hydrogen (secondary N) is 1. The number of hydrogen-bond acceptors (Lipinski definition) is 6. The van der Waals surface area contributed by atoms with Crippen LogP contribution in [0.2, 0.25) is 5.02 Å². The van der Waals surface area contributed by atoms with Crippen LogP contribution in [0.4, 0.5) is 11.5 Å². The second-order valence-corrected chi connectivity index (χ2v) is 9.87. The monoisotopic (exact) mass is 463 g/mol. The van der Waals surface area contributed by atoms with Crippen LogP contribution in [0.3, 0.4) is 0 Å². The Balaban J connectivity index is 1.74. The summed E-state index contributed by atoms with van der Waals surface area (Å²) in [7, 11) is -3.95. The molecular weight excluding hydrogens is 446 g/mol. The average molecular weight is 464 g/mol. The van der Waals surface area contributed by atoms with E-state index in [-0.39, 0.29) is 15.6 Å². The van der Waals surface area contributed by atoms with Crippen molar-refractivity contribution >= 4 is 49.5 Å². The van der Waals surface area contributed by atoms with Gasteiger partial charge in [-0.1, -0.05) is 35.0 Å². The van der Waals surface area contributed by atoms with E-state index < -0.39 is 9.84 Å². The molecule has 0 unspecified atom stereocenters. The third-order valence-electron chi connectivity index (χ3n) is 5.08. The van der Waals surface area contributed by atoms with E-state index >= 15 is 0 Å². The van der Waals surface area contributed by atoms with Gasteiger partial charge < -0.3 is 5.32 Å². The first-order valence-corrected chi connectivity index (χ1v) is 11.7. The molecule has 5 rings (SSSR count). The van der Waals surface area contributed by atoms with Crippen LogP contribution >= 0.6 is 11.6 Å². The molecule has 5 aromatic rings. The fraction of sp³-hybridized carbons (Fsp3) is 0.0870. The fourth-order valence-electron chi connectivity index (χ4n) is 3.72. The van der Waals surface area contributed by atoms with Gasteiger partial charge in [-0.15, -0.1) is 5.10 Å². The molecule has 0 amide bonds. The first kappa shape index (κ1) is 20.4. The molecule has 0 bridgehead atoms. The van der Waals surface area contributed by atoms with Crippen LogP contribution < -0.4 is 5.32 Å². The van der Waals surface area contributed by atoms with Gasteiger partial charge in [-0.3, -0.25) is 0 Å². The van der Waals surface area contributed by atoms with Gasteiger partial charge in [-0.25, -0.2) is 13.4 Å². The third kappa shape index (κ3) is 3.47. The lowest BCUT2D eigenvalue weighted by molar-refractivity contribution is 0.592. The molecule has 0 saturated carbocycles. The van der Waals surface area contributed by atoms with Crippen molar-refractivity contribution in [3.8, 4) is 0 Å². The maximum absolute atomic E-state index is 13.3. The number of hydrogen-bond donors (Lipinski definition) is 1. The molecule has 0 atom stereocenters. The summed E-state index contributed by atoms with van der Waals surface area (Å²) < 4.78 is 28.0. The first-order valence-electron chi connectivity index (χ1n) is 9.83. The Kier molecular flexibility index (Phi) is 4.83. The number of aryl methyl sites for hydroxylation is 2. The highest BCUT2D eigenvalue weighted by Gasteiger charge is 2.27. The van der Waals surface area contributed by atoms with Crippen molar-refractivity contribution in [3.05, 3.63) is 82.9 Å². The Morgan fingerprint density at radius 2 is 1.62 bits per heavy atom. The molecule has 0 aliphatic rings. The van der Waals surface area contributed by atoms with Gasteiger partial charge in [0.15, 0.2) is 5.65 Å². The molecule has 0 aliphatic heterocycles. The Morgan fingerprint density at radius 1 is 0.938 bits per heavy atom. The van der Waals surface area contributed by atoms with E-state index in [2.05, 4.69) is 26.7 Å². The van der Waals surface area contributed by atoms with E-state index in [4.69, 9.17) is 11.6 Å². The number of aromatic nitrogens is 4. The van der Waals surface area contributed by atoms with E-state index in [0.717, 1.165) is 22.2 Å². The lowest BCUT2D eigenvalue weighted by Gasteiger charge is -2.12. The Morgan fingerprint density at radius 3 is 2.34 bits per heavy atom. The normalized spacial score (nSPS) is 11.8. The van der Waals surface area contributed by atoms with Crippen LogP contribution in [0.1, 0.15) is 11.1 Å². The van der Waals surface area contributed by atoms with Crippen molar-refractivity contribution in [1.82, 2.24) is 19.8 Å². The molecule has 3 aromatic carbocycles. The zero-order valence-corrected chi connectivity index (χ0v) is 18.8. The highest BCUT2D eigenvalue weighted by atomic mass is 35.5. The number of sulfone groups is 1. The number of rotatable bonds is 4. The van der Waals surface area contributed by atoms with Crippen LogP contribution in [0, 0.1) is 13.8 Å². The number of halogens is 1. The van der Waals surface area contributed by atoms with Gasteiger partial charge in [0.05, 0.1) is 10.4 Å². The van der Waals surface area contributed by atoms with Crippen molar-refractivity contribution < 1.29 is 8.42 Å². The van der Waals surface area contributed by atoms with E-state index in [9.17, 15) is 8.42 Å². The lowest BCUT2D eigenvalue weighted by atomic mass is 10.1. The smallest absolute Gasteiger partial charge is 0.229 e. The minimum Gasteiger partial charge on any atom is -0.340 e. The molecule has 0 saturated heterocycles. The summed E-state index contributed by atoms with van der Waals surface area (Å²) in [6, 6.07) is 19.5. The summed E-state index contributed by atoms with van der Waals surface area (Å²) >= 11 is 5.92. The largest absolute Gasteiger partial charge is 0.340 e. The molecule has 2 aromatic heterocycles. The molecule has 160 valence electrons. The zero-order chi connectivity index (χ0) is 22.5. The van der Waals surface area contributed by atoms with Gasteiger partial charge in [0.25, 0.3) is 0 Å². The topological polar surface area (TPSA) is 89.2 Å². The van der Waals surface area contributed by atoms with Crippen molar-refractivity contribution in [1.29, 1.82) is 0 Å². The maximum atomic E-state index is 13.3. The summed E-state index contributed by atoms with van der Waals surface area (Å²) in [4.78, 5) is 4.72. The third-order valence-corrected chi connectivity index (χ3v) is 7.00. The predicted octanol–water partition coefficient (Wildman–Crippen LogP) is 5.12. The maximum Gasteiger partial charge on any atom is 0.229 e. The van der Waals surface area contributed by atoms with Crippen molar-refractivity contribution in [2.24, 2.45) is 0 Å². The van der Waals surface area contributed by atoms with Crippen molar-refractivity contribution in [2.45, 2.75) is 23.8 Å². The number of fused-ring (bicyclic) bond motifs is 3. The molecule has 1 N–H and O–H groups in total. The molecule has 7 nitrogen and oxygen atoms in total. The van der Waals surface area contributed by atoms with Crippen LogP contribution in [0.25, 0.3) is 16.6 Å². The summed E-state index contributed by atoms with van der Waals surface area (Å²) in [6.45, 7) is 4.04. The summed E-state index contributed by atoms with van der Waals surface area (Å²) in [5.41, 5.74) is 3.91. The first-order chi connectivity index (χ1) is 15.3. The van der Waals surface area contributed by atoms with Gasteiger partial charge in [0, 0.05) is 16.1 Å². The molecule has 0 radical (unpaired) electrons. The van der Waals surface area contributed by atoms with Crippen molar-refractivity contribution in [2.75, 3.05) is 5.32 Å². The number of benzene rings is 3. The number of nitrogens with zero attached hydrogens (tertiary/aromatic N) is 4. The second kappa shape index (κ2) is 7.58. The molecule has 0 aliphatic carbocycles. The highest BCUT2D eigenvalue weighted by Crippen LogP contribution is 2.30. The fourth-order valence-corrected chi connectivity index (χ4v) is 5.08. The molecular formula is C23H18ClN5O2S. The molecule has 2 heterocycles. The van der Waals surface area contributed by atoms with E-state index in [1.165, 1.54) is 28.8 Å². The Labute approximate surface area is 189 Å². The lowest BCUT2D eigenvalue weighted by Crippen LogP contribution is -2.05. The minimum absolute atomic E-state index is 0.0723. The second-order valence-electron chi connectivity index (χ2n) is 7.57. The Hall–Kier alpha value is -3.49. The average Bonchev–Trinajstić information content (AvgIpc) is 3.18. The van der Waals surface area contributed by atoms with Gasteiger partial charge in [-0.05, 0) is 73.5 Å². The van der Waals surface area contributed by atoms with Gasteiger partial charge >= 0.3 is 0 Å². The summed E-state index contributed by atoms with van der Waals surface area (Å²) in [5.74, 6) is 0.521.